The number of aliphatic hydroxyl groups is 1. The molecule has 3 rings (SSSR count). The Balaban J connectivity index is 1.36. The Morgan fingerprint density at radius 1 is 1.26 bits per heavy atom. The smallest absolute Gasteiger partial charge is 0.239 e. The molecular formula is C18H26N2O3. The number of nitrogens with zero attached hydrogens (tertiary/aromatic N) is 1. The summed E-state index contributed by atoms with van der Waals surface area (Å²) in [5.41, 5.74) is 1.30. The van der Waals surface area contributed by atoms with Crippen molar-refractivity contribution in [1.29, 1.82) is 0 Å². The van der Waals surface area contributed by atoms with E-state index in [0.717, 1.165) is 39.0 Å². The number of carbonyl (C=O) groups is 1. The van der Waals surface area contributed by atoms with Crippen molar-refractivity contribution in [2.45, 2.75) is 43.9 Å². The largest absolute Gasteiger partial charge is 0.392 e. The average molecular weight is 318 g/mol. The molecule has 2 unspecified atom stereocenters. The standard InChI is InChI=1S/C18H26N2O3/c21-15-12-17(19-13-15)18(22)20-9-6-16(7-10-20)23-11-8-14-4-2-1-3-5-14/h1-5,15-17,19,21H,6-13H2. The fourth-order valence-electron chi connectivity index (χ4n) is 3.36. The minimum atomic E-state index is -0.386. The molecule has 0 aromatic heterocycles. The van der Waals surface area contributed by atoms with Crippen LogP contribution in [0.3, 0.4) is 0 Å². The van der Waals surface area contributed by atoms with Crippen molar-refractivity contribution >= 4 is 5.91 Å². The first kappa shape index (κ1) is 16.4. The Morgan fingerprint density at radius 3 is 2.65 bits per heavy atom. The van der Waals surface area contributed by atoms with E-state index in [2.05, 4.69) is 17.4 Å². The van der Waals surface area contributed by atoms with Crippen LogP contribution in [0.2, 0.25) is 0 Å². The molecule has 1 aromatic carbocycles. The van der Waals surface area contributed by atoms with Gasteiger partial charge in [-0.1, -0.05) is 30.3 Å². The molecule has 2 N–H and O–H groups in total. The fraction of sp³-hybridized carbons (Fsp3) is 0.611. The predicted octanol–water partition coefficient (Wildman–Crippen LogP) is 0.960. The molecular weight excluding hydrogens is 292 g/mol. The Bertz CT molecular complexity index is 500. The Hall–Kier alpha value is -1.43. The number of aliphatic hydroxyl groups excluding tert-OH is 1. The normalized spacial score (nSPS) is 25.7. The van der Waals surface area contributed by atoms with Crippen LogP contribution < -0.4 is 5.32 Å². The Kier molecular flexibility index (Phi) is 5.65. The second-order valence-electron chi connectivity index (χ2n) is 6.48. The van der Waals surface area contributed by atoms with Crippen LogP contribution in [0, 0.1) is 0 Å². The highest BCUT2D eigenvalue weighted by atomic mass is 16.5. The van der Waals surface area contributed by atoms with Gasteiger partial charge in [0.15, 0.2) is 0 Å². The lowest BCUT2D eigenvalue weighted by atomic mass is 10.1. The third kappa shape index (κ3) is 4.53. The monoisotopic (exact) mass is 318 g/mol. The van der Waals surface area contributed by atoms with Crippen molar-refractivity contribution in [2.75, 3.05) is 26.2 Å². The van der Waals surface area contributed by atoms with E-state index in [0.29, 0.717) is 13.0 Å². The molecule has 2 heterocycles. The number of benzene rings is 1. The fourth-order valence-corrected chi connectivity index (χ4v) is 3.36. The molecule has 0 bridgehead atoms. The zero-order chi connectivity index (χ0) is 16.1. The van der Waals surface area contributed by atoms with Gasteiger partial charge in [-0.05, 0) is 31.2 Å². The van der Waals surface area contributed by atoms with Gasteiger partial charge in [0, 0.05) is 19.6 Å². The number of piperidine rings is 1. The number of carbonyl (C=O) groups excluding carboxylic acids is 1. The number of hydrogen-bond acceptors (Lipinski definition) is 4. The Labute approximate surface area is 137 Å². The second kappa shape index (κ2) is 7.90. The lowest BCUT2D eigenvalue weighted by molar-refractivity contribution is -0.135. The van der Waals surface area contributed by atoms with Crippen LogP contribution in [-0.2, 0) is 16.0 Å². The summed E-state index contributed by atoms with van der Waals surface area (Å²) in [5, 5.41) is 12.6. The molecule has 2 aliphatic heterocycles. The molecule has 2 atom stereocenters. The highest BCUT2D eigenvalue weighted by molar-refractivity contribution is 5.82. The van der Waals surface area contributed by atoms with Gasteiger partial charge in [0.25, 0.3) is 0 Å². The molecule has 0 saturated carbocycles. The molecule has 23 heavy (non-hydrogen) atoms. The summed E-state index contributed by atoms with van der Waals surface area (Å²) in [6.45, 7) is 2.76. The molecule has 5 nitrogen and oxygen atoms in total. The maximum atomic E-state index is 12.4. The number of rotatable bonds is 5. The molecule has 2 aliphatic rings. The highest BCUT2D eigenvalue weighted by Crippen LogP contribution is 2.17. The summed E-state index contributed by atoms with van der Waals surface area (Å²) in [4.78, 5) is 14.3. The van der Waals surface area contributed by atoms with Gasteiger partial charge in [-0.25, -0.2) is 0 Å². The molecule has 0 radical (unpaired) electrons. The zero-order valence-corrected chi connectivity index (χ0v) is 13.5. The number of amides is 1. The van der Waals surface area contributed by atoms with Gasteiger partial charge >= 0.3 is 0 Å². The summed E-state index contributed by atoms with van der Waals surface area (Å²) in [7, 11) is 0. The SMILES string of the molecule is O=C(C1CC(O)CN1)N1CCC(OCCc2ccccc2)CC1. The number of likely N-dealkylation sites (tertiary alicyclic amines) is 1. The summed E-state index contributed by atoms with van der Waals surface area (Å²) < 4.78 is 5.96. The van der Waals surface area contributed by atoms with Gasteiger partial charge in [-0.15, -0.1) is 0 Å². The minimum absolute atomic E-state index is 0.129. The van der Waals surface area contributed by atoms with E-state index in [-0.39, 0.29) is 24.2 Å². The highest BCUT2D eigenvalue weighted by Gasteiger charge is 2.33. The van der Waals surface area contributed by atoms with Crippen LogP contribution in [0.15, 0.2) is 30.3 Å². The summed E-state index contributed by atoms with van der Waals surface area (Å²) >= 11 is 0. The number of β-amino-alcohol motifs (C(OH)–C–C–N with tert-alkyl or cyclic N) is 1. The Morgan fingerprint density at radius 2 is 2.00 bits per heavy atom. The first-order chi connectivity index (χ1) is 11.2. The van der Waals surface area contributed by atoms with E-state index in [1.807, 2.05) is 23.1 Å². The predicted molar refractivity (Wildman–Crippen MR) is 88.1 cm³/mol. The number of ether oxygens (including phenoxy) is 1. The average Bonchev–Trinajstić information content (AvgIpc) is 3.02. The van der Waals surface area contributed by atoms with Crippen molar-refractivity contribution in [3.05, 3.63) is 35.9 Å². The van der Waals surface area contributed by atoms with E-state index in [1.54, 1.807) is 0 Å². The van der Waals surface area contributed by atoms with Gasteiger partial charge in [0.1, 0.15) is 0 Å². The van der Waals surface area contributed by atoms with Crippen LogP contribution in [-0.4, -0.2) is 60.4 Å². The van der Waals surface area contributed by atoms with Crippen molar-refractivity contribution in [1.82, 2.24) is 10.2 Å². The van der Waals surface area contributed by atoms with E-state index in [9.17, 15) is 9.90 Å². The van der Waals surface area contributed by atoms with E-state index in [4.69, 9.17) is 4.74 Å². The lowest BCUT2D eigenvalue weighted by Crippen LogP contribution is -2.48. The molecule has 5 heteroatoms. The van der Waals surface area contributed by atoms with Crippen LogP contribution in [0.1, 0.15) is 24.8 Å². The third-order valence-corrected chi connectivity index (χ3v) is 4.75. The maximum absolute atomic E-state index is 12.4. The van der Waals surface area contributed by atoms with E-state index < -0.39 is 0 Å². The summed E-state index contributed by atoms with van der Waals surface area (Å²) in [6, 6.07) is 10.2. The minimum Gasteiger partial charge on any atom is -0.392 e. The lowest BCUT2D eigenvalue weighted by Gasteiger charge is -2.33. The van der Waals surface area contributed by atoms with Gasteiger partial charge < -0.3 is 20.1 Å². The third-order valence-electron chi connectivity index (χ3n) is 4.75. The van der Waals surface area contributed by atoms with Crippen LogP contribution >= 0.6 is 0 Å². The molecule has 0 aliphatic carbocycles. The van der Waals surface area contributed by atoms with Crippen molar-refractivity contribution < 1.29 is 14.6 Å². The van der Waals surface area contributed by atoms with E-state index >= 15 is 0 Å². The molecule has 2 saturated heterocycles. The molecule has 2 fully saturated rings. The summed E-state index contributed by atoms with van der Waals surface area (Å²) in [6.07, 6.45) is 3.13. The maximum Gasteiger partial charge on any atom is 0.239 e. The number of nitrogens with one attached hydrogen (secondary N) is 1. The van der Waals surface area contributed by atoms with Crippen molar-refractivity contribution in [3.63, 3.8) is 0 Å². The van der Waals surface area contributed by atoms with E-state index in [1.165, 1.54) is 5.56 Å². The van der Waals surface area contributed by atoms with Crippen LogP contribution in [0.25, 0.3) is 0 Å². The second-order valence-corrected chi connectivity index (χ2v) is 6.48. The first-order valence-electron chi connectivity index (χ1n) is 8.58. The topological polar surface area (TPSA) is 61.8 Å². The number of hydrogen-bond donors (Lipinski definition) is 2. The van der Waals surface area contributed by atoms with Crippen LogP contribution in [0.5, 0.6) is 0 Å². The van der Waals surface area contributed by atoms with Crippen molar-refractivity contribution in [2.24, 2.45) is 0 Å². The van der Waals surface area contributed by atoms with Gasteiger partial charge in [0.05, 0.1) is 24.9 Å². The summed E-state index contributed by atoms with van der Waals surface area (Å²) in [5.74, 6) is 0.129. The van der Waals surface area contributed by atoms with Gasteiger partial charge in [0.2, 0.25) is 5.91 Å². The zero-order valence-electron chi connectivity index (χ0n) is 13.5. The van der Waals surface area contributed by atoms with Gasteiger partial charge in [-0.3, -0.25) is 4.79 Å². The van der Waals surface area contributed by atoms with Crippen LogP contribution in [0.4, 0.5) is 0 Å². The quantitative estimate of drug-likeness (QED) is 0.849. The van der Waals surface area contributed by atoms with Gasteiger partial charge in [-0.2, -0.15) is 0 Å². The molecule has 0 spiro atoms. The molecule has 1 amide bonds. The first-order valence-corrected chi connectivity index (χ1v) is 8.58. The molecule has 126 valence electrons. The molecule has 1 aromatic rings. The van der Waals surface area contributed by atoms with Crippen molar-refractivity contribution in [3.8, 4) is 0 Å².